The van der Waals surface area contributed by atoms with Crippen LogP contribution in [0.5, 0.6) is 11.5 Å². The third kappa shape index (κ3) is 5.25. The van der Waals surface area contributed by atoms with E-state index in [4.69, 9.17) is 14.2 Å². The molecule has 0 spiro atoms. The zero-order valence-electron chi connectivity index (χ0n) is 16.4. The van der Waals surface area contributed by atoms with Gasteiger partial charge in [0.15, 0.2) is 18.1 Å². The molecule has 0 unspecified atom stereocenters. The summed E-state index contributed by atoms with van der Waals surface area (Å²) in [5.41, 5.74) is 2.97. The van der Waals surface area contributed by atoms with E-state index >= 15 is 0 Å². The van der Waals surface area contributed by atoms with Crippen molar-refractivity contribution in [3.8, 4) is 11.5 Å². The van der Waals surface area contributed by atoms with E-state index in [1.54, 1.807) is 18.2 Å². The highest BCUT2D eigenvalue weighted by atomic mass is 16.7. The minimum atomic E-state index is -0.402. The summed E-state index contributed by atoms with van der Waals surface area (Å²) in [5.74, 6) is 0.412. The number of aryl methyl sites for hydroxylation is 1. The molecule has 148 valence electrons. The highest BCUT2D eigenvalue weighted by Gasteiger charge is 2.15. The molecule has 0 fully saturated rings. The predicted molar refractivity (Wildman–Crippen MR) is 106 cm³/mol. The van der Waals surface area contributed by atoms with Crippen LogP contribution in [0, 0.1) is 0 Å². The van der Waals surface area contributed by atoms with Crippen molar-refractivity contribution in [2.75, 3.05) is 18.7 Å². The summed E-state index contributed by atoms with van der Waals surface area (Å²) in [6.45, 7) is 6.33. The fourth-order valence-corrected chi connectivity index (χ4v) is 2.81. The minimum Gasteiger partial charge on any atom is -0.456 e. The number of esters is 1. The predicted octanol–water partition coefficient (Wildman–Crippen LogP) is 3.83. The first-order chi connectivity index (χ1) is 13.3. The molecule has 0 radical (unpaired) electrons. The van der Waals surface area contributed by atoms with Gasteiger partial charge in [-0.1, -0.05) is 45.0 Å². The molecule has 1 amide bonds. The smallest absolute Gasteiger partial charge is 0.306 e. The first-order valence-electron chi connectivity index (χ1n) is 9.26. The maximum Gasteiger partial charge on any atom is 0.306 e. The average Bonchev–Trinajstić information content (AvgIpc) is 3.12. The minimum absolute atomic E-state index is 0.100. The van der Waals surface area contributed by atoms with Crippen LogP contribution in [0.2, 0.25) is 0 Å². The van der Waals surface area contributed by atoms with Crippen molar-refractivity contribution in [2.24, 2.45) is 0 Å². The standard InChI is InChI=1S/C22H25NO5/c1-22(2,3)16-7-4-15(5-8-16)6-11-21(25)26-13-20(24)23-17-9-10-18-19(12-17)28-14-27-18/h4-5,7-10,12H,6,11,13-14H2,1-3H3,(H,23,24). The second-order valence-electron chi connectivity index (χ2n) is 7.72. The van der Waals surface area contributed by atoms with Crippen molar-refractivity contribution in [3.63, 3.8) is 0 Å². The first kappa shape index (κ1) is 19.7. The average molecular weight is 383 g/mol. The molecule has 2 aromatic rings. The number of rotatable bonds is 6. The molecule has 1 heterocycles. The molecule has 1 aliphatic rings. The van der Waals surface area contributed by atoms with Gasteiger partial charge in [-0.3, -0.25) is 9.59 Å². The Kier molecular flexibility index (Phi) is 5.87. The van der Waals surface area contributed by atoms with E-state index in [1.807, 2.05) is 12.1 Å². The van der Waals surface area contributed by atoms with Gasteiger partial charge in [-0.05, 0) is 35.1 Å². The number of anilines is 1. The van der Waals surface area contributed by atoms with Gasteiger partial charge >= 0.3 is 5.97 Å². The van der Waals surface area contributed by atoms with Crippen molar-refractivity contribution < 1.29 is 23.8 Å². The van der Waals surface area contributed by atoms with Crippen LogP contribution in [-0.2, 0) is 26.2 Å². The van der Waals surface area contributed by atoms with E-state index in [0.717, 1.165) is 5.56 Å². The number of carbonyl (C=O) groups is 2. The first-order valence-corrected chi connectivity index (χ1v) is 9.26. The van der Waals surface area contributed by atoms with Gasteiger partial charge in [0.1, 0.15) is 0 Å². The van der Waals surface area contributed by atoms with Crippen LogP contribution in [0.1, 0.15) is 38.3 Å². The number of ether oxygens (including phenoxy) is 3. The summed E-state index contributed by atoms with van der Waals surface area (Å²) >= 11 is 0. The molecule has 28 heavy (non-hydrogen) atoms. The van der Waals surface area contributed by atoms with E-state index in [0.29, 0.717) is 23.6 Å². The lowest BCUT2D eigenvalue weighted by Crippen LogP contribution is -2.21. The topological polar surface area (TPSA) is 73.9 Å². The molecule has 6 heteroatoms. The molecule has 0 atom stereocenters. The Balaban J connectivity index is 1.41. The highest BCUT2D eigenvalue weighted by Crippen LogP contribution is 2.34. The van der Waals surface area contributed by atoms with Crippen LogP contribution < -0.4 is 14.8 Å². The Hall–Kier alpha value is -3.02. The van der Waals surface area contributed by atoms with Crippen molar-refractivity contribution >= 4 is 17.6 Å². The lowest BCUT2D eigenvalue weighted by atomic mass is 9.86. The molecule has 0 aromatic heterocycles. The molecule has 0 bridgehead atoms. The molecule has 6 nitrogen and oxygen atoms in total. The number of nitrogens with one attached hydrogen (secondary N) is 1. The van der Waals surface area contributed by atoms with Crippen LogP contribution in [0.4, 0.5) is 5.69 Å². The SMILES string of the molecule is CC(C)(C)c1ccc(CCC(=O)OCC(=O)Nc2ccc3c(c2)OCO3)cc1. The summed E-state index contributed by atoms with van der Waals surface area (Å²) in [6, 6.07) is 13.3. The molecule has 1 N–H and O–H groups in total. The lowest BCUT2D eigenvalue weighted by Gasteiger charge is -2.19. The third-order valence-electron chi connectivity index (χ3n) is 4.46. The number of fused-ring (bicyclic) bond motifs is 1. The second-order valence-corrected chi connectivity index (χ2v) is 7.72. The van der Waals surface area contributed by atoms with E-state index in [1.165, 1.54) is 5.56 Å². The van der Waals surface area contributed by atoms with Crippen LogP contribution in [0.3, 0.4) is 0 Å². The quantitative estimate of drug-likeness (QED) is 0.768. The van der Waals surface area contributed by atoms with Crippen LogP contribution in [0.15, 0.2) is 42.5 Å². The Morgan fingerprint density at radius 3 is 2.46 bits per heavy atom. The molecular weight excluding hydrogens is 358 g/mol. The lowest BCUT2D eigenvalue weighted by molar-refractivity contribution is -0.147. The number of amides is 1. The molecule has 0 aliphatic carbocycles. The van der Waals surface area contributed by atoms with Crippen LogP contribution in [0.25, 0.3) is 0 Å². The molecule has 3 rings (SSSR count). The Morgan fingerprint density at radius 2 is 1.75 bits per heavy atom. The Morgan fingerprint density at radius 1 is 1.04 bits per heavy atom. The second kappa shape index (κ2) is 8.33. The normalized spacial score (nSPS) is 12.5. The zero-order valence-corrected chi connectivity index (χ0v) is 16.4. The van der Waals surface area contributed by atoms with Gasteiger partial charge < -0.3 is 19.5 Å². The summed E-state index contributed by atoms with van der Waals surface area (Å²) in [4.78, 5) is 23.9. The van der Waals surface area contributed by atoms with Crippen LogP contribution in [-0.4, -0.2) is 25.3 Å². The molecule has 2 aromatic carbocycles. The zero-order chi connectivity index (χ0) is 20.1. The summed E-state index contributed by atoms with van der Waals surface area (Å²) in [7, 11) is 0. The monoisotopic (exact) mass is 383 g/mol. The van der Waals surface area contributed by atoms with Crippen molar-refractivity contribution in [1.29, 1.82) is 0 Å². The summed E-state index contributed by atoms with van der Waals surface area (Å²) in [5, 5.41) is 2.67. The largest absolute Gasteiger partial charge is 0.456 e. The van der Waals surface area contributed by atoms with E-state index in [2.05, 4.69) is 38.2 Å². The van der Waals surface area contributed by atoms with Gasteiger partial charge in [0, 0.05) is 18.2 Å². The maximum absolute atomic E-state index is 12.0. The van der Waals surface area contributed by atoms with Crippen molar-refractivity contribution in [2.45, 2.75) is 39.0 Å². The Bertz CT molecular complexity index is 852. The summed E-state index contributed by atoms with van der Waals surface area (Å²) < 4.78 is 15.5. The number of benzene rings is 2. The van der Waals surface area contributed by atoms with Gasteiger partial charge in [-0.15, -0.1) is 0 Å². The highest BCUT2D eigenvalue weighted by molar-refractivity contribution is 5.93. The molecule has 1 aliphatic heterocycles. The maximum atomic E-state index is 12.0. The van der Waals surface area contributed by atoms with Gasteiger partial charge in [0.05, 0.1) is 0 Å². The fraction of sp³-hybridized carbons (Fsp3) is 0.364. The number of hydrogen-bond acceptors (Lipinski definition) is 5. The van der Waals surface area contributed by atoms with Gasteiger partial charge in [0.2, 0.25) is 6.79 Å². The van der Waals surface area contributed by atoms with E-state index < -0.39 is 11.9 Å². The third-order valence-corrected chi connectivity index (χ3v) is 4.46. The molecule has 0 saturated carbocycles. The summed E-state index contributed by atoms with van der Waals surface area (Å²) in [6.07, 6.45) is 0.805. The van der Waals surface area contributed by atoms with Gasteiger partial charge in [-0.2, -0.15) is 0 Å². The molecular formula is C22H25NO5. The van der Waals surface area contributed by atoms with E-state index in [9.17, 15) is 9.59 Å². The van der Waals surface area contributed by atoms with Gasteiger partial charge in [-0.25, -0.2) is 0 Å². The number of hydrogen-bond donors (Lipinski definition) is 1. The number of carbonyl (C=O) groups excluding carboxylic acids is 2. The Labute approximate surface area is 164 Å². The fourth-order valence-electron chi connectivity index (χ4n) is 2.81. The van der Waals surface area contributed by atoms with Crippen molar-refractivity contribution in [1.82, 2.24) is 0 Å². The van der Waals surface area contributed by atoms with Crippen LogP contribution >= 0.6 is 0 Å². The van der Waals surface area contributed by atoms with Crippen molar-refractivity contribution in [3.05, 3.63) is 53.6 Å². The van der Waals surface area contributed by atoms with E-state index in [-0.39, 0.29) is 25.2 Å². The molecule has 0 saturated heterocycles. The van der Waals surface area contributed by atoms with Gasteiger partial charge in [0.25, 0.3) is 5.91 Å².